The standard InChI is InChI=1S/C16H33N3O/c1-5-8-10-17-15(9-6-2)14(7-3)12-19-13(4)11-18-16(19)20/h13-15,17H,5-12H2,1-4H3,(H,18,20). The van der Waals surface area contributed by atoms with Crippen molar-refractivity contribution < 1.29 is 4.79 Å². The van der Waals surface area contributed by atoms with Crippen LogP contribution in [0.25, 0.3) is 0 Å². The lowest BCUT2D eigenvalue weighted by Gasteiger charge is -2.32. The maximum atomic E-state index is 11.9. The molecule has 0 saturated carbocycles. The second-order valence-electron chi connectivity index (χ2n) is 6.06. The van der Waals surface area contributed by atoms with Gasteiger partial charge in [-0.05, 0) is 32.2 Å². The molecule has 20 heavy (non-hydrogen) atoms. The normalized spacial score (nSPS) is 21.9. The number of rotatable bonds is 10. The number of unbranched alkanes of at least 4 members (excludes halogenated alkanes) is 1. The van der Waals surface area contributed by atoms with Crippen molar-refractivity contribution in [1.82, 2.24) is 15.5 Å². The van der Waals surface area contributed by atoms with Gasteiger partial charge in [0, 0.05) is 25.2 Å². The van der Waals surface area contributed by atoms with Gasteiger partial charge in [0.25, 0.3) is 0 Å². The molecule has 0 aromatic carbocycles. The Morgan fingerprint density at radius 1 is 1.35 bits per heavy atom. The summed E-state index contributed by atoms with van der Waals surface area (Å²) in [4.78, 5) is 13.9. The zero-order valence-corrected chi connectivity index (χ0v) is 13.7. The molecule has 2 amide bonds. The van der Waals surface area contributed by atoms with Crippen LogP contribution in [0.2, 0.25) is 0 Å². The SMILES string of the molecule is CCCCNC(CCC)C(CC)CN1C(=O)NCC1C. The van der Waals surface area contributed by atoms with E-state index in [-0.39, 0.29) is 6.03 Å². The first-order valence-corrected chi connectivity index (χ1v) is 8.41. The zero-order valence-electron chi connectivity index (χ0n) is 13.7. The molecule has 0 aliphatic carbocycles. The summed E-state index contributed by atoms with van der Waals surface area (Å²) in [6, 6.07) is 0.978. The minimum absolute atomic E-state index is 0.111. The van der Waals surface area contributed by atoms with Crippen LogP contribution >= 0.6 is 0 Å². The number of nitrogens with one attached hydrogen (secondary N) is 2. The molecular formula is C16H33N3O. The molecule has 0 spiro atoms. The van der Waals surface area contributed by atoms with Crippen molar-refractivity contribution in [2.75, 3.05) is 19.6 Å². The van der Waals surface area contributed by atoms with Gasteiger partial charge in [-0.3, -0.25) is 0 Å². The number of hydrogen-bond acceptors (Lipinski definition) is 2. The number of nitrogens with zero attached hydrogens (tertiary/aromatic N) is 1. The van der Waals surface area contributed by atoms with Crippen LogP contribution in [0.1, 0.15) is 59.8 Å². The second-order valence-corrected chi connectivity index (χ2v) is 6.06. The molecule has 3 unspecified atom stereocenters. The summed E-state index contributed by atoms with van der Waals surface area (Å²) in [6.07, 6.45) is 5.99. The van der Waals surface area contributed by atoms with E-state index in [1.165, 1.54) is 25.7 Å². The molecule has 1 rings (SSSR count). The minimum atomic E-state index is 0.111. The molecule has 4 heteroatoms. The first-order chi connectivity index (χ1) is 9.63. The molecule has 2 N–H and O–H groups in total. The predicted octanol–water partition coefficient (Wildman–Crippen LogP) is 2.98. The highest BCUT2D eigenvalue weighted by Gasteiger charge is 2.31. The van der Waals surface area contributed by atoms with Gasteiger partial charge < -0.3 is 15.5 Å². The third-order valence-electron chi connectivity index (χ3n) is 4.40. The maximum Gasteiger partial charge on any atom is 0.317 e. The molecule has 0 aromatic rings. The lowest BCUT2D eigenvalue weighted by atomic mass is 9.92. The largest absolute Gasteiger partial charge is 0.336 e. The summed E-state index contributed by atoms with van der Waals surface area (Å²) in [7, 11) is 0. The summed E-state index contributed by atoms with van der Waals surface area (Å²) < 4.78 is 0. The molecule has 118 valence electrons. The molecule has 3 atom stereocenters. The number of urea groups is 1. The van der Waals surface area contributed by atoms with Gasteiger partial charge in [0.15, 0.2) is 0 Å². The topological polar surface area (TPSA) is 44.4 Å². The van der Waals surface area contributed by atoms with E-state index >= 15 is 0 Å². The second kappa shape index (κ2) is 9.22. The summed E-state index contributed by atoms with van der Waals surface area (Å²) in [5.41, 5.74) is 0. The van der Waals surface area contributed by atoms with Crippen LogP contribution < -0.4 is 10.6 Å². The molecule has 0 aromatic heterocycles. The van der Waals surface area contributed by atoms with E-state index in [9.17, 15) is 4.79 Å². The quantitative estimate of drug-likeness (QED) is 0.605. The van der Waals surface area contributed by atoms with Crippen molar-refractivity contribution in [3.63, 3.8) is 0 Å². The van der Waals surface area contributed by atoms with Crippen molar-refractivity contribution in [2.45, 2.75) is 71.9 Å². The van der Waals surface area contributed by atoms with E-state index in [2.05, 4.69) is 38.3 Å². The van der Waals surface area contributed by atoms with Crippen molar-refractivity contribution in [3.8, 4) is 0 Å². The third-order valence-corrected chi connectivity index (χ3v) is 4.40. The summed E-state index contributed by atoms with van der Waals surface area (Å²) in [6.45, 7) is 11.6. The Morgan fingerprint density at radius 2 is 2.10 bits per heavy atom. The maximum absolute atomic E-state index is 11.9. The van der Waals surface area contributed by atoms with Crippen molar-refractivity contribution in [3.05, 3.63) is 0 Å². The third kappa shape index (κ3) is 4.97. The van der Waals surface area contributed by atoms with Crippen LogP contribution in [-0.4, -0.2) is 42.6 Å². The first-order valence-electron chi connectivity index (χ1n) is 8.41. The highest BCUT2D eigenvalue weighted by molar-refractivity contribution is 5.76. The van der Waals surface area contributed by atoms with E-state index in [0.717, 1.165) is 26.1 Å². The lowest BCUT2D eigenvalue weighted by molar-refractivity contribution is 0.180. The Kier molecular flexibility index (Phi) is 7.97. The average Bonchev–Trinajstić information content (AvgIpc) is 2.75. The molecular weight excluding hydrogens is 250 g/mol. The number of carbonyl (C=O) groups is 1. The van der Waals surface area contributed by atoms with E-state index < -0.39 is 0 Å². The van der Waals surface area contributed by atoms with Gasteiger partial charge in [-0.15, -0.1) is 0 Å². The van der Waals surface area contributed by atoms with E-state index in [0.29, 0.717) is 18.0 Å². The van der Waals surface area contributed by atoms with Gasteiger partial charge in [0.1, 0.15) is 0 Å². The fraction of sp³-hybridized carbons (Fsp3) is 0.938. The summed E-state index contributed by atoms with van der Waals surface area (Å²) in [5.74, 6) is 0.554. The Bertz CT molecular complexity index is 283. The van der Waals surface area contributed by atoms with Crippen LogP contribution in [-0.2, 0) is 0 Å². The van der Waals surface area contributed by atoms with Crippen molar-refractivity contribution in [2.24, 2.45) is 5.92 Å². The summed E-state index contributed by atoms with van der Waals surface area (Å²) >= 11 is 0. The Hall–Kier alpha value is -0.770. The van der Waals surface area contributed by atoms with Crippen LogP contribution in [0.3, 0.4) is 0 Å². The molecule has 1 fully saturated rings. The van der Waals surface area contributed by atoms with Gasteiger partial charge in [-0.25, -0.2) is 4.79 Å². The van der Waals surface area contributed by atoms with Crippen LogP contribution in [0, 0.1) is 5.92 Å². The zero-order chi connectivity index (χ0) is 15.0. The molecule has 1 heterocycles. The minimum Gasteiger partial charge on any atom is -0.336 e. The average molecular weight is 283 g/mol. The van der Waals surface area contributed by atoms with Gasteiger partial charge >= 0.3 is 6.03 Å². The molecule has 1 aliphatic rings. The highest BCUT2D eigenvalue weighted by atomic mass is 16.2. The highest BCUT2D eigenvalue weighted by Crippen LogP contribution is 2.19. The van der Waals surface area contributed by atoms with E-state index in [4.69, 9.17) is 0 Å². The fourth-order valence-corrected chi connectivity index (χ4v) is 2.98. The molecule has 1 aliphatic heterocycles. The fourth-order valence-electron chi connectivity index (χ4n) is 2.98. The molecule has 0 radical (unpaired) electrons. The van der Waals surface area contributed by atoms with E-state index in [1.807, 2.05) is 4.90 Å². The monoisotopic (exact) mass is 283 g/mol. The van der Waals surface area contributed by atoms with Gasteiger partial charge in [0.2, 0.25) is 0 Å². The number of hydrogen-bond donors (Lipinski definition) is 2. The van der Waals surface area contributed by atoms with Crippen LogP contribution in [0.5, 0.6) is 0 Å². The summed E-state index contributed by atoms with van der Waals surface area (Å²) in [5, 5.41) is 6.66. The van der Waals surface area contributed by atoms with Gasteiger partial charge in [-0.2, -0.15) is 0 Å². The number of amides is 2. The van der Waals surface area contributed by atoms with Gasteiger partial charge in [0.05, 0.1) is 0 Å². The molecule has 0 bridgehead atoms. The Labute approximate surface area is 124 Å². The first kappa shape index (κ1) is 17.3. The van der Waals surface area contributed by atoms with E-state index in [1.54, 1.807) is 0 Å². The van der Waals surface area contributed by atoms with Crippen molar-refractivity contribution >= 4 is 6.03 Å². The Morgan fingerprint density at radius 3 is 2.60 bits per heavy atom. The number of carbonyl (C=O) groups excluding carboxylic acids is 1. The van der Waals surface area contributed by atoms with Crippen LogP contribution in [0.4, 0.5) is 4.79 Å². The van der Waals surface area contributed by atoms with Crippen LogP contribution in [0.15, 0.2) is 0 Å². The Balaban J connectivity index is 2.56. The van der Waals surface area contributed by atoms with Gasteiger partial charge in [-0.1, -0.05) is 40.0 Å². The van der Waals surface area contributed by atoms with Crippen molar-refractivity contribution in [1.29, 1.82) is 0 Å². The predicted molar refractivity (Wildman–Crippen MR) is 85.0 cm³/mol. The molecule has 4 nitrogen and oxygen atoms in total. The lowest BCUT2D eigenvalue weighted by Crippen LogP contribution is -2.45. The smallest absolute Gasteiger partial charge is 0.317 e. The molecule has 1 saturated heterocycles.